The Hall–Kier alpha value is 0. The van der Waals surface area contributed by atoms with Gasteiger partial charge in [0.05, 0.1) is 0 Å². The minimum Gasteiger partial charge on any atom is -0.0596 e. The lowest BCUT2D eigenvalue weighted by molar-refractivity contribution is 0.382. The SMILES string of the molecule is CC1(CC2CCCC2)CC1. The molecule has 2 fully saturated rings. The zero-order chi connectivity index (χ0) is 7.03. The van der Waals surface area contributed by atoms with Gasteiger partial charge in [-0.2, -0.15) is 0 Å². The maximum absolute atomic E-state index is 2.46. The van der Waals surface area contributed by atoms with Gasteiger partial charge >= 0.3 is 0 Å². The van der Waals surface area contributed by atoms with Gasteiger partial charge in [-0.1, -0.05) is 32.6 Å². The van der Waals surface area contributed by atoms with Crippen molar-refractivity contribution in [1.82, 2.24) is 0 Å². The van der Waals surface area contributed by atoms with Crippen molar-refractivity contribution in [3.8, 4) is 0 Å². The van der Waals surface area contributed by atoms with E-state index >= 15 is 0 Å². The molecular formula is C10H18. The molecule has 58 valence electrons. The van der Waals surface area contributed by atoms with E-state index in [0.29, 0.717) is 0 Å². The molecule has 2 aliphatic carbocycles. The van der Waals surface area contributed by atoms with Gasteiger partial charge in [0.1, 0.15) is 0 Å². The van der Waals surface area contributed by atoms with E-state index in [4.69, 9.17) is 0 Å². The molecule has 2 aliphatic rings. The first kappa shape index (κ1) is 6.69. The van der Waals surface area contributed by atoms with Crippen molar-refractivity contribution in [3.05, 3.63) is 0 Å². The van der Waals surface area contributed by atoms with Crippen LogP contribution in [0, 0.1) is 11.3 Å². The van der Waals surface area contributed by atoms with Crippen molar-refractivity contribution in [2.45, 2.75) is 51.9 Å². The van der Waals surface area contributed by atoms with E-state index in [-0.39, 0.29) is 0 Å². The number of rotatable bonds is 2. The highest BCUT2D eigenvalue weighted by atomic mass is 14.4. The van der Waals surface area contributed by atoms with Crippen LogP contribution < -0.4 is 0 Å². The molecule has 0 aromatic heterocycles. The summed E-state index contributed by atoms with van der Waals surface area (Å²) in [6.07, 6.45) is 10.7. The lowest BCUT2D eigenvalue weighted by atomic mass is 9.92. The summed E-state index contributed by atoms with van der Waals surface area (Å²) in [5.41, 5.74) is 0.814. The molecular weight excluding hydrogens is 120 g/mol. The van der Waals surface area contributed by atoms with Gasteiger partial charge in [-0.05, 0) is 30.6 Å². The molecule has 0 aromatic carbocycles. The Morgan fingerprint density at radius 3 is 2.30 bits per heavy atom. The van der Waals surface area contributed by atoms with Crippen LogP contribution in [0.2, 0.25) is 0 Å². The number of hydrogen-bond donors (Lipinski definition) is 0. The van der Waals surface area contributed by atoms with Crippen LogP contribution in [0.1, 0.15) is 51.9 Å². The molecule has 2 saturated carbocycles. The fourth-order valence-corrected chi connectivity index (χ4v) is 2.33. The molecule has 0 aromatic rings. The lowest BCUT2D eigenvalue weighted by Gasteiger charge is -2.13. The van der Waals surface area contributed by atoms with Crippen molar-refractivity contribution >= 4 is 0 Å². The van der Waals surface area contributed by atoms with Gasteiger partial charge in [0.25, 0.3) is 0 Å². The van der Waals surface area contributed by atoms with E-state index in [0.717, 1.165) is 11.3 Å². The largest absolute Gasteiger partial charge is 0.0596 e. The Bertz CT molecular complexity index is 116. The monoisotopic (exact) mass is 138 g/mol. The van der Waals surface area contributed by atoms with Gasteiger partial charge in [0, 0.05) is 0 Å². The molecule has 0 bridgehead atoms. The molecule has 0 heterocycles. The minimum absolute atomic E-state index is 0.814. The first-order valence-corrected chi connectivity index (χ1v) is 4.79. The molecule has 0 atom stereocenters. The minimum atomic E-state index is 0.814. The highest BCUT2D eigenvalue weighted by Crippen LogP contribution is 2.52. The Morgan fingerprint density at radius 2 is 1.80 bits per heavy atom. The number of hydrogen-bond acceptors (Lipinski definition) is 0. The van der Waals surface area contributed by atoms with E-state index in [2.05, 4.69) is 6.92 Å². The standard InChI is InChI=1S/C10H18/c1-10(6-7-10)8-9-4-2-3-5-9/h9H,2-8H2,1H3. The summed E-state index contributed by atoms with van der Waals surface area (Å²) >= 11 is 0. The van der Waals surface area contributed by atoms with Crippen LogP contribution in [0.25, 0.3) is 0 Å². The highest BCUT2D eigenvalue weighted by molar-refractivity contribution is 4.91. The summed E-state index contributed by atoms with van der Waals surface area (Å²) in [6.45, 7) is 2.46. The summed E-state index contributed by atoms with van der Waals surface area (Å²) in [7, 11) is 0. The normalized spacial score (nSPS) is 30.9. The van der Waals surface area contributed by atoms with Crippen LogP contribution in [-0.2, 0) is 0 Å². The molecule has 0 heteroatoms. The molecule has 0 aliphatic heterocycles. The Kier molecular flexibility index (Phi) is 1.51. The predicted octanol–water partition coefficient (Wildman–Crippen LogP) is 3.37. The van der Waals surface area contributed by atoms with Gasteiger partial charge in [0.15, 0.2) is 0 Å². The van der Waals surface area contributed by atoms with E-state index in [1.807, 2.05) is 0 Å². The van der Waals surface area contributed by atoms with Crippen molar-refractivity contribution in [2.24, 2.45) is 11.3 Å². The zero-order valence-electron chi connectivity index (χ0n) is 7.03. The lowest BCUT2D eigenvalue weighted by Crippen LogP contribution is -2.01. The third-order valence-electron chi connectivity index (χ3n) is 3.36. The van der Waals surface area contributed by atoms with Crippen molar-refractivity contribution in [2.75, 3.05) is 0 Å². The van der Waals surface area contributed by atoms with E-state index in [1.165, 1.54) is 38.5 Å². The third-order valence-corrected chi connectivity index (χ3v) is 3.36. The van der Waals surface area contributed by atoms with Crippen molar-refractivity contribution in [1.29, 1.82) is 0 Å². The quantitative estimate of drug-likeness (QED) is 0.549. The molecule has 0 saturated heterocycles. The van der Waals surface area contributed by atoms with Crippen LogP contribution in [0.4, 0.5) is 0 Å². The fourth-order valence-electron chi connectivity index (χ4n) is 2.33. The molecule has 10 heavy (non-hydrogen) atoms. The smallest absolute Gasteiger partial charge is 0.0323 e. The van der Waals surface area contributed by atoms with Gasteiger partial charge < -0.3 is 0 Å². The van der Waals surface area contributed by atoms with Crippen LogP contribution >= 0.6 is 0 Å². The van der Waals surface area contributed by atoms with E-state index in [1.54, 1.807) is 6.42 Å². The average molecular weight is 138 g/mol. The first-order chi connectivity index (χ1) is 4.79. The van der Waals surface area contributed by atoms with Crippen LogP contribution in [0.5, 0.6) is 0 Å². The molecule has 0 N–H and O–H groups in total. The van der Waals surface area contributed by atoms with Crippen molar-refractivity contribution in [3.63, 3.8) is 0 Å². The average Bonchev–Trinajstić information content (AvgIpc) is 2.47. The summed E-state index contributed by atoms with van der Waals surface area (Å²) in [6, 6.07) is 0. The Labute approximate surface area is 64.0 Å². The second-order valence-electron chi connectivity index (χ2n) is 4.67. The zero-order valence-corrected chi connectivity index (χ0v) is 7.03. The first-order valence-electron chi connectivity index (χ1n) is 4.79. The summed E-state index contributed by atoms with van der Waals surface area (Å²) < 4.78 is 0. The van der Waals surface area contributed by atoms with E-state index in [9.17, 15) is 0 Å². The van der Waals surface area contributed by atoms with Crippen LogP contribution in [0.3, 0.4) is 0 Å². The van der Waals surface area contributed by atoms with Crippen LogP contribution in [0.15, 0.2) is 0 Å². The molecule has 0 unspecified atom stereocenters. The van der Waals surface area contributed by atoms with Gasteiger partial charge in [-0.25, -0.2) is 0 Å². The summed E-state index contributed by atoms with van der Waals surface area (Å²) in [4.78, 5) is 0. The van der Waals surface area contributed by atoms with Gasteiger partial charge in [0.2, 0.25) is 0 Å². The highest BCUT2D eigenvalue weighted by Gasteiger charge is 2.39. The topological polar surface area (TPSA) is 0 Å². The maximum Gasteiger partial charge on any atom is -0.0323 e. The third kappa shape index (κ3) is 1.36. The Balaban J connectivity index is 1.78. The molecule has 0 nitrogen and oxygen atoms in total. The maximum atomic E-state index is 2.46. The fraction of sp³-hybridized carbons (Fsp3) is 1.00. The summed E-state index contributed by atoms with van der Waals surface area (Å²) in [5.74, 6) is 1.12. The van der Waals surface area contributed by atoms with Gasteiger partial charge in [-0.3, -0.25) is 0 Å². The molecule has 0 amide bonds. The Morgan fingerprint density at radius 1 is 1.20 bits per heavy atom. The second kappa shape index (κ2) is 2.25. The summed E-state index contributed by atoms with van der Waals surface area (Å²) in [5, 5.41) is 0. The van der Waals surface area contributed by atoms with Crippen LogP contribution in [-0.4, -0.2) is 0 Å². The van der Waals surface area contributed by atoms with Crippen molar-refractivity contribution < 1.29 is 0 Å². The molecule has 0 spiro atoms. The second-order valence-corrected chi connectivity index (χ2v) is 4.67. The molecule has 2 rings (SSSR count). The predicted molar refractivity (Wildman–Crippen MR) is 43.9 cm³/mol. The van der Waals surface area contributed by atoms with Gasteiger partial charge in [-0.15, -0.1) is 0 Å². The van der Waals surface area contributed by atoms with E-state index < -0.39 is 0 Å². The molecule has 0 radical (unpaired) electrons.